The van der Waals surface area contributed by atoms with Crippen molar-refractivity contribution in [2.24, 2.45) is 34.4 Å². The summed E-state index contributed by atoms with van der Waals surface area (Å²) in [5.41, 5.74) is 36.7. The van der Waals surface area contributed by atoms with Gasteiger partial charge in [-0.15, -0.1) is 0 Å². The minimum atomic E-state index is -1.89. The Balaban J connectivity index is 1.27. The Morgan fingerprint density at radius 3 is 1.29 bits per heavy atom. The number of aromatic nitrogens is 2. The first-order valence-electron chi connectivity index (χ1n) is 44.5. The van der Waals surface area contributed by atoms with Crippen LogP contribution in [0.2, 0.25) is 0 Å². The minimum Gasteiger partial charge on any atom is -0.508 e. The van der Waals surface area contributed by atoms with Gasteiger partial charge in [0.2, 0.25) is 94.5 Å². The summed E-state index contributed by atoms with van der Waals surface area (Å²) in [4.78, 5) is 232. The number of para-hydroxylation sites is 2. The van der Waals surface area contributed by atoms with Crippen LogP contribution >= 0.6 is 25.3 Å². The van der Waals surface area contributed by atoms with Gasteiger partial charge in [0.15, 0.2) is 11.9 Å². The summed E-state index contributed by atoms with van der Waals surface area (Å²) in [6.45, 7) is 4.68. The highest BCUT2D eigenvalue weighted by Crippen LogP contribution is 2.24. The molecule has 0 saturated carbocycles. The third-order valence-corrected chi connectivity index (χ3v) is 22.2. The molecule has 0 saturated heterocycles. The number of aromatic hydroxyl groups is 1. The van der Waals surface area contributed by atoms with Gasteiger partial charge in [-0.25, -0.2) is 0 Å². The van der Waals surface area contributed by atoms with Crippen LogP contribution in [0.25, 0.3) is 21.8 Å². The number of thiol groups is 2. The van der Waals surface area contributed by atoms with Crippen molar-refractivity contribution in [3.8, 4) is 5.75 Å². The topological polar surface area (TPSA) is 751 Å². The van der Waals surface area contributed by atoms with Crippen LogP contribution < -0.4 is 119 Å². The molecule has 0 aliphatic heterocycles. The number of carbonyl (C=O) groups excluding carboxylic acids is 16. The standard InChI is InChI=1S/C89H130N26O19S2/c1-49(116)73(115-80(127)63(27-17-37-100-88(96)97)109-86(133)74(89(3,4)136)104-50(2)117)85(132)113-68(43-54-45-102-59-23-11-9-21-57(54)59)83(130)108-64(32-33-70(92)119)79(126)114-69(48-135)84(131)111-66(41-52-28-30-55(118)31-29-52)81(128)112-67(42-53-44-101-58-22-10-8-20-56(53)58)82(129)107-62(26-16-36-99-87(94)95)77(124)106-61(25-13-15-35-91)78(125)110-65(40-51-18-6-5-7-19-51)76(123)103-46-71(120)98-38-39-134-47-72(121)105-60(75(93)122)24-12-14-34-90/h5-11,18-23,28-31,44-45,49,60-69,73-74,101-102,116,118,135-136H,12-17,24-27,32-43,46-48,90-91H2,1-4H3,(H2,92,119)(H2,93,122)(H,98,120)(H,103,123)(H,104,117)(H,105,121)(H,106,124)(H,107,129)(H,108,130)(H,109,133)(H,110,125)(H,111,131)(H,112,128)(H,113,132)(H,114,126)(H,115,127)(H4,94,95,99)(H4,96,97,100)/t49-,60-,61+,62+,63+,64+,65+,66+,67+,68+,69+,73+,74-/m1/s1. The van der Waals surface area contributed by atoms with Crippen molar-refractivity contribution in [1.29, 1.82) is 10.8 Å². The molecule has 136 heavy (non-hydrogen) atoms. The summed E-state index contributed by atoms with van der Waals surface area (Å²) < 4.78 is 4.17. The molecule has 13 atom stereocenters. The minimum absolute atomic E-state index is 0.0135. The number of hydrogen-bond donors (Lipinski definition) is 30. The molecule has 4 aromatic carbocycles. The van der Waals surface area contributed by atoms with Crippen LogP contribution in [-0.4, -0.2) is 268 Å². The number of nitrogens with one attached hydrogen (secondary N) is 20. The molecule has 0 unspecified atom stereocenters. The zero-order chi connectivity index (χ0) is 100. The number of phenols is 1. The van der Waals surface area contributed by atoms with Gasteiger partial charge in [-0.3, -0.25) is 87.5 Å². The number of carbonyl (C=O) groups is 16. The average Bonchev–Trinajstić information content (AvgIpc) is 1.65. The lowest BCUT2D eigenvalue weighted by atomic mass is 10.0. The van der Waals surface area contributed by atoms with Crippen LogP contribution in [0.3, 0.4) is 0 Å². The van der Waals surface area contributed by atoms with Gasteiger partial charge in [-0.2, -0.15) is 25.3 Å². The summed E-state index contributed by atoms with van der Waals surface area (Å²) in [6.07, 6.45) is 0.852. The summed E-state index contributed by atoms with van der Waals surface area (Å²) >= 11 is 8.91. The summed E-state index contributed by atoms with van der Waals surface area (Å²) in [5, 5.41) is 79.9. The van der Waals surface area contributed by atoms with E-state index in [1.165, 1.54) is 45.0 Å². The highest BCUT2D eigenvalue weighted by Gasteiger charge is 2.40. The van der Waals surface area contributed by atoms with Crippen molar-refractivity contribution in [3.63, 3.8) is 0 Å². The molecule has 2 aromatic heterocycles. The number of primary amides is 2. The van der Waals surface area contributed by atoms with Gasteiger partial charge in [0, 0.05) is 103 Å². The van der Waals surface area contributed by atoms with E-state index in [-0.39, 0.29) is 109 Å². The van der Waals surface area contributed by atoms with E-state index in [1.54, 1.807) is 91.3 Å². The number of ether oxygens (including phenoxy) is 1. The van der Waals surface area contributed by atoms with Crippen LogP contribution in [-0.2, 0) is 107 Å². The molecule has 45 nitrogen and oxygen atoms in total. The lowest BCUT2D eigenvalue weighted by Crippen LogP contribution is -2.63. The number of fused-ring (bicyclic) bond motifs is 2. The van der Waals surface area contributed by atoms with Crippen molar-refractivity contribution < 1.29 is 91.7 Å². The number of amides is 16. The first-order chi connectivity index (χ1) is 64.7. The summed E-state index contributed by atoms with van der Waals surface area (Å²) in [6, 6.07) is 9.28. The maximum Gasteiger partial charge on any atom is 0.246 e. The van der Waals surface area contributed by atoms with Gasteiger partial charge >= 0.3 is 0 Å². The molecule has 0 radical (unpaired) electrons. The zero-order valence-corrected chi connectivity index (χ0v) is 78.1. The first-order valence-corrected chi connectivity index (χ1v) is 45.6. The predicted molar refractivity (Wildman–Crippen MR) is 512 cm³/mol. The van der Waals surface area contributed by atoms with Gasteiger partial charge in [0.25, 0.3) is 0 Å². The lowest BCUT2D eigenvalue weighted by molar-refractivity contribution is -0.137. The SMILES string of the molecule is CC(=O)N[C@H](C(=O)N[C@@H](CCCNC(=N)N)C(=O)N[C@H](C(=O)N[C@@H](Cc1c[nH]c2ccccc12)C(=O)N[C@@H](CCC(N)=O)C(=O)N[C@@H](CS)C(=O)N[C@@H](Cc1ccc(O)cc1)C(=O)N[C@@H](Cc1c[nH]c2ccccc12)C(=O)N[C@@H](CCCNC(=N)N)C(=O)N[C@@H](CCCCN)C(=O)N[C@@H](Cc1ccccc1)C(=O)NCC(=O)NCCOCC(=O)N[C@H](CCCCN)C(N)=O)[C@@H](C)O)C(C)(C)S. The number of aromatic amines is 2. The molecule has 0 aliphatic carbocycles. The van der Waals surface area contributed by atoms with Crippen LogP contribution in [0.15, 0.2) is 116 Å². The molecular formula is C89H130N26O19S2. The Labute approximate surface area is 796 Å². The number of hydrogen-bond acceptors (Lipinski definition) is 25. The number of rotatable bonds is 61. The molecule has 0 bridgehead atoms. The smallest absolute Gasteiger partial charge is 0.246 e. The molecule has 0 aliphatic rings. The van der Waals surface area contributed by atoms with Crippen LogP contribution in [0.4, 0.5) is 0 Å². The monoisotopic (exact) mass is 1930 g/mol. The molecule has 2 heterocycles. The largest absolute Gasteiger partial charge is 0.508 e. The number of aliphatic hydroxyl groups excluding tert-OH is 1. The number of benzene rings is 4. The van der Waals surface area contributed by atoms with Gasteiger partial charge in [0.1, 0.15) is 84.9 Å². The molecule has 0 fully saturated rings. The van der Waals surface area contributed by atoms with E-state index in [1.807, 2.05) is 0 Å². The predicted octanol–water partition coefficient (Wildman–Crippen LogP) is -4.73. The van der Waals surface area contributed by atoms with E-state index in [0.29, 0.717) is 69.9 Å². The van der Waals surface area contributed by atoms with Crippen LogP contribution in [0.5, 0.6) is 5.75 Å². The summed E-state index contributed by atoms with van der Waals surface area (Å²) in [5.74, 6) is -16.1. The molecule has 742 valence electrons. The van der Waals surface area contributed by atoms with Crippen molar-refractivity contribution in [2.75, 3.05) is 58.2 Å². The molecule has 6 rings (SSSR count). The second-order valence-corrected chi connectivity index (χ2v) is 34.6. The molecule has 16 amide bonds. The highest BCUT2D eigenvalue weighted by molar-refractivity contribution is 7.81. The highest BCUT2D eigenvalue weighted by atomic mass is 32.1. The van der Waals surface area contributed by atoms with Crippen molar-refractivity contribution in [2.45, 2.75) is 214 Å². The fourth-order valence-electron chi connectivity index (χ4n) is 14.3. The second kappa shape index (κ2) is 57.2. The fourth-order valence-corrected chi connectivity index (χ4v) is 14.8. The van der Waals surface area contributed by atoms with E-state index < -0.39 is 222 Å². The zero-order valence-electron chi connectivity index (χ0n) is 76.3. The lowest BCUT2D eigenvalue weighted by Gasteiger charge is -2.31. The third-order valence-electron chi connectivity index (χ3n) is 21.6. The Morgan fingerprint density at radius 1 is 0.434 bits per heavy atom. The Bertz CT molecular complexity index is 5060. The number of H-pyrrole nitrogens is 2. The Hall–Kier alpha value is -13.6. The van der Waals surface area contributed by atoms with Gasteiger partial charge in [-0.05, 0) is 151 Å². The van der Waals surface area contributed by atoms with E-state index in [0.717, 1.165) is 6.92 Å². The molecule has 34 N–H and O–H groups in total. The first kappa shape index (κ1) is 111. The van der Waals surface area contributed by atoms with E-state index in [2.05, 4.69) is 120 Å². The molecule has 47 heteroatoms. The molecule has 6 aromatic rings. The van der Waals surface area contributed by atoms with Crippen LogP contribution in [0, 0.1) is 10.8 Å². The van der Waals surface area contributed by atoms with E-state index >= 15 is 24.0 Å². The third kappa shape index (κ3) is 38.8. The number of guanidine groups is 2. The Morgan fingerprint density at radius 2 is 0.838 bits per heavy atom. The normalized spacial score (nSPS) is 14.1. The second-order valence-electron chi connectivity index (χ2n) is 33.1. The van der Waals surface area contributed by atoms with Gasteiger partial charge in [-0.1, -0.05) is 78.9 Å². The summed E-state index contributed by atoms with van der Waals surface area (Å²) in [7, 11) is 0. The maximum atomic E-state index is 15.5. The van der Waals surface area contributed by atoms with Crippen LogP contribution in [0.1, 0.15) is 127 Å². The number of phenolic OH excluding ortho intramolecular Hbond substituents is 1. The number of aliphatic hydroxyl groups is 1. The van der Waals surface area contributed by atoms with E-state index in [9.17, 15) is 63.0 Å². The quantitative estimate of drug-likeness (QED) is 0.00738. The molecule has 0 spiro atoms. The van der Waals surface area contributed by atoms with E-state index in [4.69, 9.17) is 50.0 Å². The average molecular weight is 1930 g/mol. The molecular weight excluding hydrogens is 1800 g/mol. The van der Waals surface area contributed by atoms with Crippen molar-refractivity contribution in [3.05, 3.63) is 138 Å². The fraction of sp³-hybridized carbons (Fsp3) is 0.483. The van der Waals surface area contributed by atoms with Crippen molar-refractivity contribution in [1.82, 2.24) is 95.0 Å². The number of nitrogens with two attached hydrogens (primary N) is 6. The number of unbranched alkanes of at least 4 members (excludes halogenated alkanes) is 2. The van der Waals surface area contributed by atoms with Gasteiger partial charge in [0.05, 0.1) is 19.3 Å². The maximum absolute atomic E-state index is 15.5. The van der Waals surface area contributed by atoms with Crippen molar-refractivity contribution >= 4 is 153 Å². The Kier molecular flexibility index (Phi) is 46.7. The van der Waals surface area contributed by atoms with Gasteiger partial charge < -0.3 is 144 Å².